The Balaban J connectivity index is 3.14. The van der Waals surface area contributed by atoms with Crippen molar-refractivity contribution in [3.05, 3.63) is 15.7 Å². The lowest BCUT2D eigenvalue weighted by Gasteiger charge is -1.81. The summed E-state index contributed by atoms with van der Waals surface area (Å²) in [6.45, 7) is 1.98. The van der Waals surface area contributed by atoms with Crippen molar-refractivity contribution in [3.8, 4) is 0 Å². The highest BCUT2D eigenvalue weighted by atomic mass is 127. The van der Waals surface area contributed by atoms with Crippen molar-refractivity contribution in [1.29, 1.82) is 0 Å². The van der Waals surface area contributed by atoms with Gasteiger partial charge in [0.1, 0.15) is 0 Å². The average molecular weight is 334 g/mol. The maximum Gasteiger partial charge on any atom is 0.180 e. The summed E-state index contributed by atoms with van der Waals surface area (Å²) in [7, 11) is 0. The first-order chi connectivity index (χ1) is 3.70. The molecule has 0 atom stereocenters. The second kappa shape index (κ2) is 2.51. The standard InChI is InChI=1S/C4H4I2N2/c1-3-2-8(6)4(5)7-3/h2H,1H3. The third kappa shape index (κ3) is 1.34. The third-order valence-corrected chi connectivity index (χ3v) is 3.16. The van der Waals surface area contributed by atoms with Crippen LogP contribution in [0.1, 0.15) is 5.69 Å². The van der Waals surface area contributed by atoms with Gasteiger partial charge in [-0.3, -0.25) is 2.78 Å². The molecule has 0 N–H and O–H groups in total. The Hall–Kier alpha value is 0.670. The lowest BCUT2D eigenvalue weighted by molar-refractivity contribution is 1.18. The number of aryl methyl sites for hydroxylation is 1. The van der Waals surface area contributed by atoms with E-state index in [0.29, 0.717) is 0 Å². The molecule has 0 spiro atoms. The van der Waals surface area contributed by atoms with Crippen LogP contribution >= 0.6 is 45.5 Å². The highest BCUT2D eigenvalue weighted by Crippen LogP contribution is 2.07. The number of nitrogens with zero attached hydrogens (tertiary/aromatic N) is 2. The number of imidazole rings is 1. The second-order valence-corrected chi connectivity index (χ2v) is 3.47. The fraction of sp³-hybridized carbons (Fsp3) is 0.250. The van der Waals surface area contributed by atoms with Gasteiger partial charge < -0.3 is 0 Å². The summed E-state index contributed by atoms with van der Waals surface area (Å²) in [4.78, 5) is 4.15. The van der Waals surface area contributed by atoms with Crippen molar-refractivity contribution in [2.24, 2.45) is 0 Å². The lowest BCUT2D eigenvalue weighted by atomic mass is 10.6. The average Bonchev–Trinajstić information content (AvgIpc) is 1.85. The molecule has 0 aliphatic rings. The fourth-order valence-electron chi connectivity index (χ4n) is 0.439. The van der Waals surface area contributed by atoms with Gasteiger partial charge in [0.05, 0.1) is 28.6 Å². The van der Waals surface area contributed by atoms with Gasteiger partial charge in [-0.2, -0.15) is 0 Å². The van der Waals surface area contributed by atoms with Crippen molar-refractivity contribution < 1.29 is 0 Å². The minimum atomic E-state index is 1.03. The number of hydrogen-bond donors (Lipinski definition) is 0. The first-order valence-electron chi connectivity index (χ1n) is 2.08. The maximum atomic E-state index is 4.15. The summed E-state index contributed by atoms with van der Waals surface area (Å²) < 4.78 is 2.99. The van der Waals surface area contributed by atoms with Gasteiger partial charge in [-0.1, -0.05) is 0 Å². The van der Waals surface area contributed by atoms with Gasteiger partial charge in [-0.05, 0) is 6.92 Å². The summed E-state index contributed by atoms with van der Waals surface area (Å²) in [6, 6.07) is 0. The molecule has 1 aromatic heterocycles. The molecule has 1 heterocycles. The van der Waals surface area contributed by atoms with E-state index < -0.39 is 0 Å². The molecule has 0 fully saturated rings. The van der Waals surface area contributed by atoms with E-state index in [2.05, 4.69) is 50.4 Å². The number of hydrogen-bond acceptors (Lipinski definition) is 1. The quantitative estimate of drug-likeness (QED) is 0.664. The normalized spacial score (nSPS) is 9.88. The second-order valence-electron chi connectivity index (χ2n) is 1.46. The van der Waals surface area contributed by atoms with E-state index in [9.17, 15) is 0 Å². The van der Waals surface area contributed by atoms with Crippen molar-refractivity contribution in [1.82, 2.24) is 7.76 Å². The van der Waals surface area contributed by atoms with Crippen LogP contribution < -0.4 is 0 Å². The van der Waals surface area contributed by atoms with Crippen LogP contribution in [0.3, 0.4) is 0 Å². The molecule has 8 heavy (non-hydrogen) atoms. The van der Waals surface area contributed by atoms with Gasteiger partial charge in [0.15, 0.2) is 3.83 Å². The van der Waals surface area contributed by atoms with E-state index in [1.165, 1.54) is 0 Å². The van der Waals surface area contributed by atoms with Crippen LogP contribution in [0.5, 0.6) is 0 Å². The molecular formula is C4H4I2N2. The van der Waals surface area contributed by atoms with E-state index in [1.807, 2.05) is 15.9 Å². The Kier molecular flexibility index (Phi) is 2.13. The van der Waals surface area contributed by atoms with Gasteiger partial charge in [0.25, 0.3) is 0 Å². The maximum absolute atomic E-state index is 4.15. The molecule has 1 rings (SSSR count). The molecular weight excluding hydrogens is 330 g/mol. The summed E-state index contributed by atoms with van der Waals surface area (Å²) in [5.74, 6) is 0. The van der Waals surface area contributed by atoms with Crippen LogP contribution in [-0.2, 0) is 0 Å². The van der Waals surface area contributed by atoms with Crippen LogP contribution in [0.15, 0.2) is 6.20 Å². The zero-order valence-corrected chi connectivity index (χ0v) is 8.54. The first-order valence-corrected chi connectivity index (χ1v) is 4.12. The van der Waals surface area contributed by atoms with Gasteiger partial charge in [0.2, 0.25) is 0 Å². The molecule has 0 saturated carbocycles. The Morgan fingerprint density at radius 2 is 2.38 bits per heavy atom. The van der Waals surface area contributed by atoms with Crippen molar-refractivity contribution in [2.75, 3.05) is 0 Å². The Morgan fingerprint density at radius 3 is 2.50 bits per heavy atom. The highest BCUT2D eigenvalue weighted by molar-refractivity contribution is 14.1. The van der Waals surface area contributed by atoms with E-state index in [-0.39, 0.29) is 0 Å². The van der Waals surface area contributed by atoms with E-state index in [1.54, 1.807) is 0 Å². The van der Waals surface area contributed by atoms with Crippen molar-refractivity contribution in [2.45, 2.75) is 6.92 Å². The molecule has 0 aliphatic heterocycles. The van der Waals surface area contributed by atoms with E-state index in [4.69, 9.17) is 0 Å². The first kappa shape index (κ1) is 6.79. The van der Waals surface area contributed by atoms with Crippen LogP contribution in [0.4, 0.5) is 0 Å². The molecule has 0 radical (unpaired) electrons. The van der Waals surface area contributed by atoms with Gasteiger partial charge in [0, 0.05) is 28.8 Å². The van der Waals surface area contributed by atoms with Crippen LogP contribution in [0, 0.1) is 10.8 Å². The van der Waals surface area contributed by atoms with Crippen LogP contribution in [0.25, 0.3) is 0 Å². The molecule has 0 amide bonds. The van der Waals surface area contributed by atoms with Crippen LogP contribution in [-0.4, -0.2) is 7.76 Å². The Bertz CT molecular complexity index is 174. The molecule has 2 nitrogen and oxygen atoms in total. The molecule has 0 saturated heterocycles. The molecule has 4 heteroatoms. The van der Waals surface area contributed by atoms with Gasteiger partial charge >= 0.3 is 0 Å². The SMILES string of the molecule is Cc1cn(I)c(I)n1. The molecule has 0 aromatic carbocycles. The monoisotopic (exact) mass is 334 g/mol. The van der Waals surface area contributed by atoms with Crippen LogP contribution in [0.2, 0.25) is 0 Å². The molecule has 1 aromatic rings. The smallest absolute Gasteiger partial charge is 0.180 e. The Morgan fingerprint density at radius 1 is 1.75 bits per heavy atom. The predicted molar refractivity (Wildman–Crippen MR) is 49.1 cm³/mol. The van der Waals surface area contributed by atoms with E-state index >= 15 is 0 Å². The molecule has 0 aliphatic carbocycles. The third-order valence-electron chi connectivity index (χ3n) is 0.745. The Labute approximate surface area is 75.3 Å². The summed E-state index contributed by atoms with van der Waals surface area (Å²) in [6.07, 6.45) is 1.99. The van der Waals surface area contributed by atoms with Gasteiger partial charge in [-0.15, -0.1) is 0 Å². The zero-order chi connectivity index (χ0) is 6.15. The number of rotatable bonds is 0. The topological polar surface area (TPSA) is 17.8 Å². The summed E-state index contributed by atoms with van der Waals surface area (Å²) in [5, 5.41) is 0. The number of aromatic nitrogens is 2. The number of halogens is 2. The van der Waals surface area contributed by atoms with Crippen molar-refractivity contribution in [3.63, 3.8) is 0 Å². The fourth-order valence-corrected chi connectivity index (χ4v) is 1.47. The highest BCUT2D eigenvalue weighted by Gasteiger charge is 1.95. The summed E-state index contributed by atoms with van der Waals surface area (Å²) in [5.41, 5.74) is 1.07. The lowest BCUT2D eigenvalue weighted by Crippen LogP contribution is -1.77. The minimum Gasteiger partial charge on any atom is -0.267 e. The zero-order valence-electron chi connectivity index (χ0n) is 4.23. The van der Waals surface area contributed by atoms with E-state index in [0.717, 1.165) is 9.53 Å². The minimum absolute atomic E-state index is 1.03. The largest absolute Gasteiger partial charge is 0.267 e. The molecule has 44 valence electrons. The molecule has 0 bridgehead atoms. The predicted octanol–water partition coefficient (Wildman–Crippen LogP) is 1.99. The van der Waals surface area contributed by atoms with Crippen molar-refractivity contribution >= 4 is 45.5 Å². The van der Waals surface area contributed by atoms with Gasteiger partial charge in [-0.25, -0.2) is 4.98 Å². The summed E-state index contributed by atoms with van der Waals surface area (Å²) >= 11 is 4.38. The molecule has 0 unspecified atom stereocenters.